The van der Waals surface area contributed by atoms with Crippen LogP contribution in [0.3, 0.4) is 0 Å². The van der Waals surface area contributed by atoms with Gasteiger partial charge in [-0.05, 0) is 30.5 Å². The largest absolute Gasteiger partial charge is 0.356 e. The highest BCUT2D eigenvalue weighted by atomic mass is 16.5. The van der Waals surface area contributed by atoms with Crippen LogP contribution in [0.15, 0.2) is 65.4 Å². The van der Waals surface area contributed by atoms with E-state index in [2.05, 4.69) is 10.1 Å². The van der Waals surface area contributed by atoms with E-state index in [-0.39, 0.29) is 11.6 Å². The molecule has 0 amide bonds. The van der Waals surface area contributed by atoms with E-state index < -0.39 is 0 Å². The fraction of sp³-hybridized carbons (Fsp3) is 0.273. The van der Waals surface area contributed by atoms with E-state index in [0.29, 0.717) is 30.7 Å². The van der Waals surface area contributed by atoms with E-state index >= 15 is 0 Å². The molecule has 138 valence electrons. The van der Waals surface area contributed by atoms with Crippen molar-refractivity contribution in [1.82, 2.24) is 10.1 Å². The van der Waals surface area contributed by atoms with Gasteiger partial charge in [0.25, 0.3) is 0 Å². The first-order chi connectivity index (χ1) is 13.2. The molecule has 0 radical (unpaired) electrons. The van der Waals surface area contributed by atoms with Crippen molar-refractivity contribution in [1.29, 1.82) is 0 Å². The maximum Gasteiger partial charge on any atom is 0.184 e. The van der Waals surface area contributed by atoms with Gasteiger partial charge in [0.15, 0.2) is 11.5 Å². The third kappa shape index (κ3) is 5.71. The molecular weight excluding hydrogens is 340 g/mol. The van der Waals surface area contributed by atoms with Crippen LogP contribution in [-0.4, -0.2) is 21.7 Å². The van der Waals surface area contributed by atoms with Gasteiger partial charge in [0.2, 0.25) is 0 Å². The Morgan fingerprint density at radius 1 is 0.889 bits per heavy atom. The minimum Gasteiger partial charge on any atom is -0.356 e. The molecule has 3 aromatic rings. The van der Waals surface area contributed by atoms with Crippen LogP contribution in [0, 0.1) is 0 Å². The van der Waals surface area contributed by atoms with Gasteiger partial charge in [-0.2, -0.15) is 0 Å². The van der Waals surface area contributed by atoms with Crippen molar-refractivity contribution >= 4 is 11.6 Å². The Bertz CT molecular complexity index is 873. The summed E-state index contributed by atoms with van der Waals surface area (Å²) in [5.41, 5.74) is 2.25. The van der Waals surface area contributed by atoms with E-state index in [1.807, 2.05) is 42.5 Å². The lowest BCUT2D eigenvalue weighted by molar-refractivity contribution is -0.118. The van der Waals surface area contributed by atoms with Gasteiger partial charge in [0, 0.05) is 43.3 Å². The molecule has 1 aromatic carbocycles. The number of hydrogen-bond donors (Lipinski definition) is 0. The molecule has 0 spiro atoms. The quantitative estimate of drug-likeness (QED) is 0.387. The first-order valence-corrected chi connectivity index (χ1v) is 9.18. The number of rotatable bonds is 10. The molecule has 5 nitrogen and oxygen atoms in total. The van der Waals surface area contributed by atoms with Crippen LogP contribution in [0.2, 0.25) is 0 Å². The van der Waals surface area contributed by atoms with Gasteiger partial charge in [-0.1, -0.05) is 41.9 Å². The Labute approximate surface area is 158 Å². The van der Waals surface area contributed by atoms with Crippen LogP contribution in [0.5, 0.6) is 0 Å². The van der Waals surface area contributed by atoms with Crippen molar-refractivity contribution < 1.29 is 14.1 Å². The van der Waals surface area contributed by atoms with Crippen LogP contribution < -0.4 is 0 Å². The number of unbranched alkanes of at least 4 members (excludes halogenated alkanes) is 2. The number of Topliss-reactive ketones (excluding diaryl/α,β-unsaturated/α-hetero) is 2. The highest BCUT2D eigenvalue weighted by Crippen LogP contribution is 2.20. The molecule has 2 heterocycles. The molecular formula is C22H22N2O3. The summed E-state index contributed by atoms with van der Waals surface area (Å²) in [7, 11) is 0. The molecule has 0 saturated carbocycles. The minimum atomic E-state index is -0.0240. The third-order valence-electron chi connectivity index (χ3n) is 4.36. The number of benzene rings is 1. The Balaban J connectivity index is 1.36. The van der Waals surface area contributed by atoms with Crippen LogP contribution in [0.1, 0.15) is 48.2 Å². The van der Waals surface area contributed by atoms with Gasteiger partial charge in [-0.25, -0.2) is 0 Å². The maximum atomic E-state index is 12.2. The van der Waals surface area contributed by atoms with E-state index in [0.717, 1.165) is 30.4 Å². The second-order valence-electron chi connectivity index (χ2n) is 6.50. The molecule has 0 aliphatic heterocycles. The molecule has 0 N–H and O–H groups in total. The van der Waals surface area contributed by atoms with E-state index in [4.69, 9.17) is 4.52 Å². The average Bonchev–Trinajstić information content (AvgIpc) is 3.19. The summed E-state index contributed by atoms with van der Waals surface area (Å²) in [6.45, 7) is 0. The van der Waals surface area contributed by atoms with Crippen molar-refractivity contribution in [2.75, 3.05) is 0 Å². The first kappa shape index (κ1) is 18.7. The van der Waals surface area contributed by atoms with Crippen molar-refractivity contribution in [2.24, 2.45) is 0 Å². The van der Waals surface area contributed by atoms with Crippen molar-refractivity contribution in [3.8, 4) is 11.3 Å². The summed E-state index contributed by atoms with van der Waals surface area (Å²) in [5, 5.41) is 3.88. The summed E-state index contributed by atoms with van der Waals surface area (Å²) in [6, 6.07) is 15.0. The summed E-state index contributed by atoms with van der Waals surface area (Å²) in [4.78, 5) is 28.1. The first-order valence-electron chi connectivity index (χ1n) is 9.18. The molecule has 0 aliphatic carbocycles. The number of hydrogen-bond acceptors (Lipinski definition) is 5. The number of nitrogens with zero attached hydrogens (tertiary/aromatic N) is 2. The number of ketones is 2. The Hall–Kier alpha value is -3.08. The van der Waals surface area contributed by atoms with Gasteiger partial charge < -0.3 is 4.52 Å². The van der Waals surface area contributed by atoms with Crippen LogP contribution in [0.25, 0.3) is 11.3 Å². The highest BCUT2D eigenvalue weighted by Gasteiger charge is 2.13. The normalized spacial score (nSPS) is 10.7. The molecule has 2 aromatic heterocycles. The summed E-state index contributed by atoms with van der Waals surface area (Å²) >= 11 is 0. The zero-order chi connectivity index (χ0) is 18.9. The average molecular weight is 362 g/mol. The van der Waals surface area contributed by atoms with Gasteiger partial charge in [0.05, 0.1) is 0 Å². The van der Waals surface area contributed by atoms with Gasteiger partial charge in [0.1, 0.15) is 11.5 Å². The molecule has 0 atom stereocenters. The van der Waals surface area contributed by atoms with Crippen LogP contribution >= 0.6 is 0 Å². The number of aromatic nitrogens is 2. The molecule has 0 aliphatic rings. The summed E-state index contributed by atoms with van der Waals surface area (Å²) < 4.78 is 5.27. The van der Waals surface area contributed by atoms with Gasteiger partial charge in [-0.15, -0.1) is 0 Å². The molecule has 0 bridgehead atoms. The predicted molar refractivity (Wildman–Crippen MR) is 102 cm³/mol. The lowest BCUT2D eigenvalue weighted by Gasteiger charge is -2.01. The second kappa shape index (κ2) is 9.57. The zero-order valence-corrected chi connectivity index (χ0v) is 15.1. The Kier molecular flexibility index (Phi) is 6.63. The molecule has 0 saturated heterocycles. The van der Waals surface area contributed by atoms with Crippen LogP contribution in [0.4, 0.5) is 0 Å². The number of carbonyl (C=O) groups is 2. The zero-order valence-electron chi connectivity index (χ0n) is 15.1. The fourth-order valence-corrected chi connectivity index (χ4v) is 2.87. The molecule has 27 heavy (non-hydrogen) atoms. The van der Waals surface area contributed by atoms with E-state index in [9.17, 15) is 9.59 Å². The van der Waals surface area contributed by atoms with Crippen molar-refractivity contribution in [3.05, 3.63) is 72.2 Å². The van der Waals surface area contributed by atoms with Crippen molar-refractivity contribution in [3.63, 3.8) is 0 Å². The van der Waals surface area contributed by atoms with Crippen molar-refractivity contribution in [2.45, 2.75) is 38.5 Å². The SMILES string of the molecule is O=C(CCCCCC(=O)c1cc(-c2ccccc2)on1)Cc1ccncc1. The maximum absolute atomic E-state index is 12.2. The minimum absolute atomic E-state index is 0.0240. The number of carbonyl (C=O) groups excluding carboxylic acids is 2. The van der Waals surface area contributed by atoms with E-state index in [1.165, 1.54) is 0 Å². The summed E-state index contributed by atoms with van der Waals surface area (Å²) in [5.74, 6) is 0.793. The fourth-order valence-electron chi connectivity index (χ4n) is 2.87. The molecule has 3 rings (SSSR count). The van der Waals surface area contributed by atoms with E-state index in [1.54, 1.807) is 18.5 Å². The molecule has 0 fully saturated rings. The third-order valence-corrected chi connectivity index (χ3v) is 4.36. The topological polar surface area (TPSA) is 73.1 Å². The molecule has 0 unspecified atom stereocenters. The van der Waals surface area contributed by atoms with Gasteiger partial charge >= 0.3 is 0 Å². The van der Waals surface area contributed by atoms with Gasteiger partial charge in [-0.3, -0.25) is 14.6 Å². The Morgan fingerprint density at radius 3 is 2.41 bits per heavy atom. The Morgan fingerprint density at radius 2 is 1.63 bits per heavy atom. The predicted octanol–water partition coefficient (Wildman–Crippen LogP) is 4.68. The monoisotopic (exact) mass is 362 g/mol. The van der Waals surface area contributed by atoms with Crippen LogP contribution in [-0.2, 0) is 11.2 Å². The highest BCUT2D eigenvalue weighted by molar-refractivity contribution is 5.94. The lowest BCUT2D eigenvalue weighted by atomic mass is 10.0. The number of pyridine rings is 1. The lowest BCUT2D eigenvalue weighted by Crippen LogP contribution is -2.03. The smallest absolute Gasteiger partial charge is 0.184 e. The second-order valence-corrected chi connectivity index (χ2v) is 6.50. The summed E-state index contributed by atoms with van der Waals surface area (Å²) in [6.07, 6.45) is 7.18. The standard InChI is InChI=1S/C22H22N2O3/c25-19(15-17-11-13-23-14-12-17)9-5-2-6-10-21(26)20-16-22(27-24-20)18-7-3-1-4-8-18/h1,3-4,7-8,11-14,16H,2,5-6,9-10,15H2. The molecule has 5 heteroatoms.